The van der Waals surface area contributed by atoms with E-state index in [2.05, 4.69) is 15.9 Å². The molecule has 0 saturated carbocycles. The van der Waals surface area contributed by atoms with Crippen molar-refractivity contribution in [2.75, 3.05) is 19.0 Å². The molecule has 0 bridgehead atoms. The molecule has 0 aromatic heterocycles. The summed E-state index contributed by atoms with van der Waals surface area (Å²) in [4.78, 5) is 12.8. The number of carbonyl (C=O) groups excluding carboxylic acids is 1. The number of carbonyl (C=O) groups is 1. The minimum Gasteiger partial charge on any atom is -0.490 e. The Morgan fingerprint density at radius 1 is 1.15 bits per heavy atom. The van der Waals surface area contributed by atoms with Gasteiger partial charge >= 0.3 is 5.97 Å². The molecule has 0 aliphatic rings. The van der Waals surface area contributed by atoms with E-state index in [1.54, 1.807) is 0 Å². The Kier molecular flexibility index (Phi) is 7.51. The maximum atomic E-state index is 11.8. The molecule has 9 heteroatoms. The minimum absolute atomic E-state index is 0.0107. The standard InChI is InChI=1S/C17H18BrNO5S2/c1-12-10-13(18)2-7-16(12)25-11-17(20)24-9-8-23-14-3-5-15(6-4-14)26(19,21)22/h2-7,10H,8-9,11H2,1H3,(H2,19,21,22). The van der Waals surface area contributed by atoms with Gasteiger partial charge in [-0.25, -0.2) is 13.6 Å². The highest BCUT2D eigenvalue weighted by Gasteiger charge is 2.08. The lowest BCUT2D eigenvalue weighted by Crippen LogP contribution is -2.14. The molecule has 0 fully saturated rings. The van der Waals surface area contributed by atoms with Crippen LogP contribution in [-0.4, -0.2) is 33.4 Å². The number of esters is 1. The lowest BCUT2D eigenvalue weighted by atomic mass is 10.2. The smallest absolute Gasteiger partial charge is 0.316 e. The first kappa shape index (κ1) is 20.8. The van der Waals surface area contributed by atoms with Crippen LogP contribution in [0.25, 0.3) is 0 Å². The van der Waals surface area contributed by atoms with E-state index in [9.17, 15) is 13.2 Å². The number of thioether (sulfide) groups is 1. The van der Waals surface area contributed by atoms with Crippen LogP contribution in [-0.2, 0) is 19.6 Å². The van der Waals surface area contributed by atoms with Crippen molar-refractivity contribution >= 4 is 43.7 Å². The molecule has 0 aliphatic heterocycles. The zero-order valence-electron chi connectivity index (χ0n) is 14.0. The van der Waals surface area contributed by atoms with Crippen molar-refractivity contribution in [2.24, 2.45) is 5.14 Å². The molecule has 0 spiro atoms. The average molecular weight is 460 g/mol. The predicted octanol–water partition coefficient (Wildman–Crippen LogP) is 3.12. The summed E-state index contributed by atoms with van der Waals surface area (Å²) in [6.07, 6.45) is 0. The van der Waals surface area contributed by atoms with Gasteiger partial charge < -0.3 is 9.47 Å². The molecule has 0 amide bonds. The maximum absolute atomic E-state index is 11.8. The molecule has 2 aromatic rings. The van der Waals surface area contributed by atoms with E-state index in [1.807, 2.05) is 25.1 Å². The molecule has 0 aliphatic carbocycles. The van der Waals surface area contributed by atoms with E-state index in [0.29, 0.717) is 5.75 Å². The van der Waals surface area contributed by atoms with Crippen LogP contribution in [0.4, 0.5) is 0 Å². The van der Waals surface area contributed by atoms with Gasteiger partial charge in [0, 0.05) is 9.37 Å². The van der Waals surface area contributed by atoms with E-state index < -0.39 is 10.0 Å². The third-order valence-corrected chi connectivity index (χ3v) is 5.82. The molecule has 6 nitrogen and oxygen atoms in total. The van der Waals surface area contributed by atoms with Crippen LogP contribution >= 0.6 is 27.7 Å². The number of hydrogen-bond donors (Lipinski definition) is 1. The second-order valence-corrected chi connectivity index (χ2v) is 8.78. The molecule has 0 radical (unpaired) electrons. The topological polar surface area (TPSA) is 95.7 Å². The Morgan fingerprint density at radius 3 is 2.46 bits per heavy atom. The van der Waals surface area contributed by atoms with Crippen molar-refractivity contribution in [1.29, 1.82) is 0 Å². The normalized spacial score (nSPS) is 11.2. The Bertz CT molecular complexity index is 869. The number of ether oxygens (including phenoxy) is 2. The average Bonchev–Trinajstić information content (AvgIpc) is 2.57. The number of benzene rings is 2. The fourth-order valence-electron chi connectivity index (χ4n) is 1.99. The van der Waals surface area contributed by atoms with Crippen molar-refractivity contribution in [1.82, 2.24) is 0 Å². The first-order valence-electron chi connectivity index (χ1n) is 7.56. The van der Waals surface area contributed by atoms with E-state index in [1.165, 1.54) is 36.0 Å². The quantitative estimate of drug-likeness (QED) is 0.370. The van der Waals surface area contributed by atoms with Gasteiger partial charge in [-0.1, -0.05) is 15.9 Å². The predicted molar refractivity (Wildman–Crippen MR) is 104 cm³/mol. The molecular formula is C17H18BrNO5S2. The van der Waals surface area contributed by atoms with Crippen LogP contribution < -0.4 is 9.88 Å². The molecular weight excluding hydrogens is 442 g/mol. The molecule has 2 aromatic carbocycles. The van der Waals surface area contributed by atoms with Crippen molar-refractivity contribution in [3.63, 3.8) is 0 Å². The van der Waals surface area contributed by atoms with Crippen LogP contribution in [0, 0.1) is 6.92 Å². The van der Waals surface area contributed by atoms with Crippen molar-refractivity contribution in [2.45, 2.75) is 16.7 Å². The summed E-state index contributed by atoms with van der Waals surface area (Å²) in [5.74, 6) is 0.352. The van der Waals surface area contributed by atoms with Crippen molar-refractivity contribution < 1.29 is 22.7 Å². The summed E-state index contributed by atoms with van der Waals surface area (Å²) in [5.41, 5.74) is 1.09. The highest BCUT2D eigenvalue weighted by molar-refractivity contribution is 9.10. The number of sulfonamides is 1. The first-order chi connectivity index (χ1) is 12.3. The summed E-state index contributed by atoms with van der Waals surface area (Å²) >= 11 is 4.82. The molecule has 0 atom stereocenters. The molecule has 26 heavy (non-hydrogen) atoms. The summed E-state index contributed by atoms with van der Waals surface area (Å²) in [5, 5.41) is 5.02. The molecule has 2 rings (SSSR count). The van der Waals surface area contributed by atoms with Gasteiger partial charge in [0.2, 0.25) is 10.0 Å². The highest BCUT2D eigenvalue weighted by Crippen LogP contribution is 2.25. The first-order valence-corrected chi connectivity index (χ1v) is 10.9. The third-order valence-electron chi connectivity index (χ3n) is 3.25. The number of primary sulfonamides is 1. The fourth-order valence-corrected chi connectivity index (χ4v) is 3.79. The summed E-state index contributed by atoms with van der Waals surface area (Å²) in [6, 6.07) is 11.6. The molecule has 0 saturated heterocycles. The lowest BCUT2D eigenvalue weighted by Gasteiger charge is -2.09. The minimum atomic E-state index is -3.72. The van der Waals surface area contributed by atoms with Gasteiger partial charge in [0.05, 0.1) is 10.6 Å². The number of nitrogens with two attached hydrogens (primary N) is 1. The molecule has 0 heterocycles. The molecule has 140 valence electrons. The van der Waals surface area contributed by atoms with Crippen molar-refractivity contribution in [3.8, 4) is 5.75 Å². The zero-order chi connectivity index (χ0) is 19.2. The Morgan fingerprint density at radius 2 is 1.85 bits per heavy atom. The Balaban J connectivity index is 1.70. The van der Waals surface area contributed by atoms with E-state index in [4.69, 9.17) is 14.6 Å². The van der Waals surface area contributed by atoms with Gasteiger partial charge in [-0.15, -0.1) is 11.8 Å². The second kappa shape index (κ2) is 9.40. The monoisotopic (exact) mass is 459 g/mol. The number of hydrogen-bond acceptors (Lipinski definition) is 6. The van der Waals surface area contributed by atoms with Crippen LogP contribution in [0.5, 0.6) is 5.75 Å². The number of rotatable bonds is 8. The second-order valence-electron chi connectivity index (χ2n) is 5.28. The van der Waals surface area contributed by atoms with E-state index in [-0.39, 0.29) is 29.8 Å². The molecule has 0 unspecified atom stereocenters. The van der Waals surface area contributed by atoms with Gasteiger partial charge in [0.1, 0.15) is 19.0 Å². The Hall–Kier alpha value is -1.55. The van der Waals surface area contributed by atoms with E-state index in [0.717, 1.165) is 14.9 Å². The largest absolute Gasteiger partial charge is 0.490 e. The van der Waals surface area contributed by atoms with Gasteiger partial charge in [0.15, 0.2) is 0 Å². The summed E-state index contributed by atoms with van der Waals surface area (Å²) < 4.78 is 33.8. The summed E-state index contributed by atoms with van der Waals surface area (Å²) in [6.45, 7) is 2.26. The van der Waals surface area contributed by atoms with Crippen LogP contribution in [0.15, 0.2) is 56.7 Å². The lowest BCUT2D eigenvalue weighted by molar-refractivity contribution is -0.141. The van der Waals surface area contributed by atoms with Gasteiger partial charge in [-0.3, -0.25) is 4.79 Å². The summed E-state index contributed by atoms with van der Waals surface area (Å²) in [7, 11) is -3.72. The van der Waals surface area contributed by atoms with Crippen molar-refractivity contribution in [3.05, 3.63) is 52.5 Å². The van der Waals surface area contributed by atoms with Gasteiger partial charge in [-0.2, -0.15) is 0 Å². The third kappa shape index (κ3) is 6.64. The zero-order valence-corrected chi connectivity index (χ0v) is 17.2. The maximum Gasteiger partial charge on any atom is 0.316 e. The van der Waals surface area contributed by atoms with Crippen LogP contribution in [0.3, 0.4) is 0 Å². The highest BCUT2D eigenvalue weighted by atomic mass is 79.9. The SMILES string of the molecule is Cc1cc(Br)ccc1SCC(=O)OCCOc1ccc(S(N)(=O)=O)cc1. The van der Waals surface area contributed by atoms with Crippen LogP contribution in [0.1, 0.15) is 5.56 Å². The van der Waals surface area contributed by atoms with Gasteiger partial charge in [0.25, 0.3) is 0 Å². The van der Waals surface area contributed by atoms with Crippen LogP contribution in [0.2, 0.25) is 0 Å². The van der Waals surface area contributed by atoms with Gasteiger partial charge in [-0.05, 0) is 55.0 Å². The van der Waals surface area contributed by atoms with E-state index >= 15 is 0 Å². The number of aryl methyl sites for hydroxylation is 1. The Labute approximate surface area is 165 Å². The molecule has 2 N–H and O–H groups in total. The fraction of sp³-hybridized carbons (Fsp3) is 0.235. The number of halogens is 1.